The van der Waals surface area contributed by atoms with Gasteiger partial charge in [-0.2, -0.15) is 0 Å². The third-order valence-electron chi connectivity index (χ3n) is 4.23. The van der Waals surface area contributed by atoms with Crippen molar-refractivity contribution in [1.82, 2.24) is 4.98 Å². The Labute approximate surface area is 118 Å². The number of anilines is 1. The Morgan fingerprint density at radius 1 is 1.20 bits per heavy atom. The Balaban J connectivity index is 1.66. The van der Waals surface area contributed by atoms with Crippen molar-refractivity contribution in [3.05, 3.63) is 36.7 Å². The molecule has 4 nitrogen and oxygen atoms in total. The van der Waals surface area contributed by atoms with E-state index >= 15 is 0 Å². The SMILES string of the molecule is c1cc(N2COC3OCCCC3C2)c2ccncc2c1. The zero-order valence-corrected chi connectivity index (χ0v) is 11.4. The molecule has 2 aliphatic heterocycles. The van der Waals surface area contributed by atoms with Crippen molar-refractivity contribution in [2.24, 2.45) is 5.92 Å². The number of hydrogen-bond donors (Lipinski definition) is 0. The fraction of sp³-hybridized carbons (Fsp3) is 0.438. The predicted octanol–water partition coefficient (Wildman–Crippen LogP) is 2.78. The first-order chi connectivity index (χ1) is 9.92. The minimum Gasteiger partial charge on any atom is -0.352 e. The monoisotopic (exact) mass is 270 g/mol. The highest BCUT2D eigenvalue weighted by Crippen LogP contribution is 2.32. The van der Waals surface area contributed by atoms with Crippen LogP contribution in [0.15, 0.2) is 36.7 Å². The van der Waals surface area contributed by atoms with Gasteiger partial charge in [-0.3, -0.25) is 4.98 Å². The normalized spacial score (nSPS) is 26.5. The highest BCUT2D eigenvalue weighted by atomic mass is 16.7. The molecule has 2 aromatic rings. The van der Waals surface area contributed by atoms with Crippen LogP contribution in [0.25, 0.3) is 10.8 Å². The fourth-order valence-electron chi connectivity index (χ4n) is 3.23. The fourth-order valence-corrected chi connectivity index (χ4v) is 3.23. The van der Waals surface area contributed by atoms with Crippen molar-refractivity contribution in [2.45, 2.75) is 19.1 Å². The van der Waals surface area contributed by atoms with Crippen LogP contribution in [-0.2, 0) is 9.47 Å². The predicted molar refractivity (Wildman–Crippen MR) is 77.5 cm³/mol. The van der Waals surface area contributed by atoms with Gasteiger partial charge in [-0.05, 0) is 25.0 Å². The van der Waals surface area contributed by atoms with Crippen molar-refractivity contribution in [1.29, 1.82) is 0 Å². The van der Waals surface area contributed by atoms with Gasteiger partial charge in [0.2, 0.25) is 0 Å². The van der Waals surface area contributed by atoms with Crippen LogP contribution in [0.5, 0.6) is 0 Å². The minimum atomic E-state index is -0.00311. The molecule has 104 valence electrons. The molecule has 0 amide bonds. The summed E-state index contributed by atoms with van der Waals surface area (Å²) in [6.07, 6.45) is 6.08. The van der Waals surface area contributed by atoms with E-state index in [2.05, 4.69) is 34.1 Å². The molecule has 1 aromatic carbocycles. The molecule has 4 rings (SSSR count). The molecule has 2 aliphatic rings. The van der Waals surface area contributed by atoms with Crippen LogP contribution in [-0.4, -0.2) is 31.2 Å². The van der Waals surface area contributed by atoms with E-state index in [0.717, 1.165) is 19.6 Å². The smallest absolute Gasteiger partial charge is 0.164 e. The molecule has 0 aliphatic carbocycles. The molecule has 2 fully saturated rings. The molecule has 2 unspecified atom stereocenters. The van der Waals surface area contributed by atoms with E-state index < -0.39 is 0 Å². The zero-order valence-electron chi connectivity index (χ0n) is 11.4. The molecule has 0 radical (unpaired) electrons. The molecule has 2 saturated heterocycles. The van der Waals surface area contributed by atoms with Gasteiger partial charge >= 0.3 is 0 Å². The van der Waals surface area contributed by atoms with Gasteiger partial charge in [0.1, 0.15) is 6.73 Å². The van der Waals surface area contributed by atoms with E-state index in [0.29, 0.717) is 12.6 Å². The topological polar surface area (TPSA) is 34.6 Å². The largest absolute Gasteiger partial charge is 0.352 e. The second-order valence-corrected chi connectivity index (χ2v) is 5.53. The van der Waals surface area contributed by atoms with Crippen LogP contribution >= 0.6 is 0 Å². The maximum atomic E-state index is 5.89. The Kier molecular flexibility index (Phi) is 3.05. The average molecular weight is 270 g/mol. The van der Waals surface area contributed by atoms with Gasteiger partial charge in [-0.25, -0.2) is 0 Å². The highest BCUT2D eigenvalue weighted by molar-refractivity contribution is 5.93. The Morgan fingerprint density at radius 3 is 3.20 bits per heavy atom. The van der Waals surface area contributed by atoms with Gasteiger partial charge in [0.15, 0.2) is 6.29 Å². The summed E-state index contributed by atoms with van der Waals surface area (Å²) in [6.45, 7) is 2.44. The Bertz CT molecular complexity index is 611. The quantitative estimate of drug-likeness (QED) is 0.798. The third kappa shape index (κ3) is 2.05. The number of nitrogens with zero attached hydrogens (tertiary/aromatic N) is 2. The second kappa shape index (κ2) is 5.04. The molecule has 4 heteroatoms. The van der Waals surface area contributed by atoms with Crippen LogP contribution in [0.2, 0.25) is 0 Å². The molecule has 20 heavy (non-hydrogen) atoms. The Morgan fingerprint density at radius 2 is 2.20 bits per heavy atom. The zero-order chi connectivity index (χ0) is 13.4. The van der Waals surface area contributed by atoms with Crippen molar-refractivity contribution >= 4 is 16.5 Å². The molecular formula is C16H18N2O2. The van der Waals surface area contributed by atoms with Crippen molar-refractivity contribution in [3.63, 3.8) is 0 Å². The lowest BCUT2D eigenvalue weighted by Gasteiger charge is -2.41. The van der Waals surface area contributed by atoms with Crippen LogP contribution in [0.1, 0.15) is 12.8 Å². The standard InChI is InChI=1S/C16H18N2O2/c1-3-12-9-17-7-6-14(12)15(5-1)18-10-13-4-2-8-19-16(13)20-11-18/h1,3,5-7,9,13,16H,2,4,8,10-11H2. The summed E-state index contributed by atoms with van der Waals surface area (Å²) >= 11 is 0. The molecule has 1 aromatic heterocycles. The number of aromatic nitrogens is 1. The summed E-state index contributed by atoms with van der Waals surface area (Å²) in [5, 5.41) is 2.41. The molecular weight excluding hydrogens is 252 g/mol. The highest BCUT2D eigenvalue weighted by Gasteiger charge is 2.33. The van der Waals surface area contributed by atoms with Gasteiger partial charge in [0.25, 0.3) is 0 Å². The van der Waals surface area contributed by atoms with Crippen molar-refractivity contribution < 1.29 is 9.47 Å². The van der Waals surface area contributed by atoms with Crippen LogP contribution < -0.4 is 4.90 Å². The number of pyridine rings is 1. The summed E-state index contributed by atoms with van der Waals surface area (Å²) in [7, 11) is 0. The van der Waals surface area contributed by atoms with E-state index in [1.807, 2.05) is 12.4 Å². The lowest BCUT2D eigenvalue weighted by atomic mass is 9.98. The minimum absolute atomic E-state index is 0.00311. The van der Waals surface area contributed by atoms with E-state index in [1.54, 1.807) is 0 Å². The van der Waals surface area contributed by atoms with Gasteiger partial charge in [-0.15, -0.1) is 0 Å². The van der Waals surface area contributed by atoms with E-state index in [9.17, 15) is 0 Å². The molecule has 0 spiro atoms. The molecule has 0 saturated carbocycles. The number of rotatable bonds is 1. The maximum Gasteiger partial charge on any atom is 0.164 e. The lowest BCUT2D eigenvalue weighted by molar-refractivity contribution is -0.205. The number of fused-ring (bicyclic) bond motifs is 2. The summed E-state index contributed by atoms with van der Waals surface area (Å²) in [5.74, 6) is 0.481. The Hall–Kier alpha value is -1.65. The van der Waals surface area contributed by atoms with E-state index in [4.69, 9.17) is 9.47 Å². The molecule has 0 bridgehead atoms. The number of benzene rings is 1. The molecule has 0 N–H and O–H groups in total. The van der Waals surface area contributed by atoms with Crippen LogP contribution in [0.4, 0.5) is 5.69 Å². The first kappa shape index (κ1) is 12.1. The van der Waals surface area contributed by atoms with Crippen molar-refractivity contribution in [2.75, 3.05) is 24.8 Å². The summed E-state index contributed by atoms with van der Waals surface area (Å²) in [4.78, 5) is 6.51. The summed E-state index contributed by atoms with van der Waals surface area (Å²) < 4.78 is 11.6. The van der Waals surface area contributed by atoms with Crippen LogP contribution in [0.3, 0.4) is 0 Å². The molecule has 2 atom stereocenters. The first-order valence-corrected chi connectivity index (χ1v) is 7.23. The van der Waals surface area contributed by atoms with E-state index in [1.165, 1.54) is 22.9 Å². The first-order valence-electron chi connectivity index (χ1n) is 7.23. The van der Waals surface area contributed by atoms with Gasteiger partial charge in [0.05, 0.1) is 0 Å². The molecule has 3 heterocycles. The number of hydrogen-bond acceptors (Lipinski definition) is 4. The van der Waals surface area contributed by atoms with Gasteiger partial charge in [-0.1, -0.05) is 12.1 Å². The summed E-state index contributed by atoms with van der Waals surface area (Å²) in [5.41, 5.74) is 1.23. The van der Waals surface area contributed by atoms with Crippen molar-refractivity contribution in [3.8, 4) is 0 Å². The summed E-state index contributed by atoms with van der Waals surface area (Å²) in [6, 6.07) is 8.43. The second-order valence-electron chi connectivity index (χ2n) is 5.53. The average Bonchev–Trinajstić information content (AvgIpc) is 2.54. The van der Waals surface area contributed by atoms with Gasteiger partial charge < -0.3 is 14.4 Å². The lowest BCUT2D eigenvalue weighted by Crippen LogP contribution is -2.48. The maximum absolute atomic E-state index is 5.89. The van der Waals surface area contributed by atoms with Gasteiger partial charge in [0, 0.05) is 47.9 Å². The van der Waals surface area contributed by atoms with Crippen LogP contribution in [0, 0.1) is 5.92 Å². The van der Waals surface area contributed by atoms with E-state index in [-0.39, 0.29) is 6.29 Å². The third-order valence-corrected chi connectivity index (χ3v) is 4.23. The number of ether oxygens (including phenoxy) is 2.